The maximum absolute atomic E-state index is 13.2. The van der Waals surface area contributed by atoms with E-state index in [2.05, 4.69) is 10.6 Å². The number of aldehydes is 1. The van der Waals surface area contributed by atoms with Gasteiger partial charge in [0, 0.05) is 13.8 Å². The van der Waals surface area contributed by atoms with Crippen molar-refractivity contribution in [3.63, 3.8) is 0 Å². The molecule has 0 bridgehead atoms. The van der Waals surface area contributed by atoms with Crippen LogP contribution in [0.2, 0.25) is 0 Å². The third-order valence-corrected chi connectivity index (χ3v) is 14.8. The monoisotopic (exact) mass is 1220 g/mol. The molecule has 37 nitrogen and oxygen atoms in total. The standard InChI is InChI=1S/C46H78N2O35/c1-11-23(59)29(65)32(68)43(73-11)81-38-19(9-54)77-42(22(48-13(3)56)39(38)82-45-34(70)31(67)26(62)17(7-52)75-45)83-40-27(63)20(78-46(35(40)71)79-36(15(58)5-50)24(60)14(57)4-49)10-72-41-21(47-12(2)55)28(64)37(18(8-53)76-41)80-44-33(69)30(66)25(61)16(6-51)74-44/h4,11,14-46,50-54,57-71H,5-10H2,1-3H3,(H,47,55)(H,48,56)/t11-,14-,15+,16+,17+,18+,19+,20+,21+,22+,23+,24+,25-,26-,27-,28+,29+,30-,31-,32-,33+,34+,35+,36+,37+,38+,39+,40-,41+,42-,43-,44-,45-,46-/m0/s1. The van der Waals surface area contributed by atoms with E-state index in [-0.39, 0.29) is 6.29 Å². The van der Waals surface area contributed by atoms with Gasteiger partial charge < -0.3 is 174 Å². The van der Waals surface area contributed by atoms with Crippen molar-refractivity contribution in [1.29, 1.82) is 0 Å². The second-order valence-corrected chi connectivity index (χ2v) is 20.7. The van der Waals surface area contributed by atoms with Crippen molar-refractivity contribution in [1.82, 2.24) is 10.6 Å². The smallest absolute Gasteiger partial charge is 0.217 e. The van der Waals surface area contributed by atoms with Gasteiger partial charge in [-0.25, -0.2) is 0 Å². The summed E-state index contributed by atoms with van der Waals surface area (Å²) in [6.07, 6.45) is -64.5. The van der Waals surface area contributed by atoms with Crippen LogP contribution in [-0.4, -0.2) is 368 Å². The molecule has 6 aliphatic rings. The Morgan fingerprint density at radius 1 is 0.458 bits per heavy atom. The Morgan fingerprint density at radius 2 is 0.892 bits per heavy atom. The van der Waals surface area contributed by atoms with Crippen LogP contribution >= 0.6 is 0 Å². The van der Waals surface area contributed by atoms with Gasteiger partial charge in [0.05, 0.1) is 45.7 Å². The number of rotatable bonds is 24. The zero-order valence-electron chi connectivity index (χ0n) is 44.5. The number of nitrogens with one attached hydrogen (secondary N) is 2. The molecule has 6 saturated heterocycles. The van der Waals surface area contributed by atoms with E-state index in [9.17, 15) is 117 Å². The first-order chi connectivity index (χ1) is 39.2. The summed E-state index contributed by atoms with van der Waals surface area (Å²) in [6, 6.07) is -3.72. The van der Waals surface area contributed by atoms with Gasteiger partial charge in [0.15, 0.2) is 44.0 Å². The largest absolute Gasteiger partial charge is 0.394 e. The van der Waals surface area contributed by atoms with Gasteiger partial charge in [0.1, 0.15) is 165 Å². The molecule has 0 aromatic rings. The SMILES string of the molecule is CC(=O)N[C@H]1[C@H](OC[C@H]2O[C@@H](O[C@@H]([C@H](O)[C@@H](O)C=O)[C@H](O)CO)[C@H](O)[C@@H](O[C@@H]3O[C@H](CO)[C@@H](O[C@@H]4O[C@@H](C)[C@@H](O)[C@@H](O)[C@@H]4O)[C@H](O[C@@H]4O[C@H](CO)[C@H](O)[C@H](O)[C@H]4O)[C@H]3NC(C)=O)[C@H]2O)O[C@H](CO)[C@@H](O[C@@H]2O[C@H](CO)[C@H](O)[C@H](O)[C@H]2O)[C@@H]1O. The van der Waals surface area contributed by atoms with E-state index in [0.717, 1.165) is 13.8 Å². The summed E-state index contributed by atoms with van der Waals surface area (Å²) in [6.45, 7) is -3.16. The normalized spacial score (nSPS) is 46.7. The summed E-state index contributed by atoms with van der Waals surface area (Å²) in [4.78, 5) is 37.4. The van der Waals surface area contributed by atoms with Gasteiger partial charge in [-0.15, -0.1) is 0 Å². The molecule has 6 fully saturated rings. The van der Waals surface area contributed by atoms with Crippen molar-refractivity contribution in [2.45, 2.75) is 229 Å². The van der Waals surface area contributed by atoms with Crippen molar-refractivity contribution in [2.75, 3.05) is 39.6 Å². The van der Waals surface area contributed by atoms with Crippen molar-refractivity contribution < 1.29 is 173 Å². The first-order valence-corrected chi connectivity index (χ1v) is 26.2. The van der Waals surface area contributed by atoms with Gasteiger partial charge in [0.2, 0.25) is 11.8 Å². The van der Waals surface area contributed by atoms with Crippen LogP contribution in [0, 0.1) is 0 Å². The highest BCUT2D eigenvalue weighted by molar-refractivity contribution is 5.73. The number of ether oxygens (including phenoxy) is 12. The van der Waals surface area contributed by atoms with Gasteiger partial charge >= 0.3 is 0 Å². The molecule has 83 heavy (non-hydrogen) atoms. The van der Waals surface area contributed by atoms with E-state index >= 15 is 0 Å². The van der Waals surface area contributed by atoms with Gasteiger partial charge in [0.25, 0.3) is 0 Å². The van der Waals surface area contributed by atoms with E-state index in [1.165, 1.54) is 6.92 Å². The predicted octanol–water partition coefficient (Wildman–Crippen LogP) is -15.1. The Balaban J connectivity index is 1.37. The Bertz CT molecular complexity index is 2020. The van der Waals surface area contributed by atoms with Crippen LogP contribution in [0.3, 0.4) is 0 Å². The Hall–Kier alpha value is -2.67. The van der Waals surface area contributed by atoms with Crippen molar-refractivity contribution in [2.24, 2.45) is 0 Å². The molecule has 0 spiro atoms. The second kappa shape index (κ2) is 30.5. The lowest BCUT2D eigenvalue weighted by Gasteiger charge is -2.51. The van der Waals surface area contributed by atoms with Gasteiger partial charge in [-0.2, -0.15) is 0 Å². The average Bonchev–Trinajstić information content (AvgIpc) is 2.64. The lowest BCUT2D eigenvalue weighted by atomic mass is 9.93. The van der Waals surface area contributed by atoms with Crippen LogP contribution in [0.1, 0.15) is 20.8 Å². The Labute approximate surface area is 470 Å². The maximum Gasteiger partial charge on any atom is 0.217 e. The van der Waals surface area contributed by atoms with Crippen LogP contribution in [0.25, 0.3) is 0 Å². The summed E-state index contributed by atoms with van der Waals surface area (Å²) in [5.41, 5.74) is 0. The number of carbonyl (C=O) groups is 3. The molecule has 0 aromatic heterocycles. The molecule has 0 unspecified atom stereocenters. The number of aliphatic hydroxyl groups is 20. The molecule has 2 amide bonds. The average molecular weight is 1220 g/mol. The Kier molecular flexibility index (Phi) is 25.5. The first-order valence-electron chi connectivity index (χ1n) is 26.2. The van der Waals surface area contributed by atoms with E-state index in [1.807, 2.05) is 0 Å². The molecule has 0 saturated carbocycles. The van der Waals surface area contributed by atoms with E-state index < -0.39 is 260 Å². The topological polar surface area (TPSA) is 591 Å². The zero-order valence-corrected chi connectivity index (χ0v) is 44.5. The molecule has 37 heteroatoms. The quantitative estimate of drug-likeness (QED) is 0.0399. The molecule has 0 radical (unpaired) electrons. The molecule has 6 rings (SSSR count). The van der Waals surface area contributed by atoms with Crippen LogP contribution in [0.4, 0.5) is 0 Å². The molecule has 6 aliphatic heterocycles. The molecule has 6 heterocycles. The van der Waals surface area contributed by atoms with Crippen LogP contribution in [-0.2, 0) is 71.2 Å². The lowest BCUT2D eigenvalue weighted by Crippen LogP contribution is -2.71. The van der Waals surface area contributed by atoms with Crippen LogP contribution < -0.4 is 10.6 Å². The van der Waals surface area contributed by atoms with E-state index in [0.29, 0.717) is 0 Å². The minimum atomic E-state index is -2.46. The number of carbonyl (C=O) groups excluding carboxylic acids is 3. The highest BCUT2D eigenvalue weighted by Crippen LogP contribution is 2.38. The van der Waals surface area contributed by atoms with E-state index in [1.54, 1.807) is 0 Å². The second-order valence-electron chi connectivity index (χ2n) is 20.7. The number of hydrogen-bond acceptors (Lipinski definition) is 35. The summed E-state index contributed by atoms with van der Waals surface area (Å²) in [7, 11) is 0. The zero-order chi connectivity index (χ0) is 61.6. The molecule has 482 valence electrons. The van der Waals surface area contributed by atoms with Crippen molar-refractivity contribution >= 4 is 18.1 Å². The maximum atomic E-state index is 13.2. The molecule has 0 aliphatic carbocycles. The van der Waals surface area contributed by atoms with Crippen LogP contribution in [0.5, 0.6) is 0 Å². The summed E-state index contributed by atoms with van der Waals surface area (Å²) >= 11 is 0. The number of aliphatic hydroxyl groups excluding tert-OH is 20. The molecule has 0 aromatic carbocycles. The van der Waals surface area contributed by atoms with Gasteiger partial charge in [-0.1, -0.05) is 0 Å². The lowest BCUT2D eigenvalue weighted by molar-refractivity contribution is -0.389. The molecule has 22 N–H and O–H groups in total. The predicted molar refractivity (Wildman–Crippen MR) is 255 cm³/mol. The fraction of sp³-hybridized carbons (Fsp3) is 0.935. The highest BCUT2D eigenvalue weighted by Gasteiger charge is 2.59. The third kappa shape index (κ3) is 15.6. The fourth-order valence-corrected chi connectivity index (χ4v) is 10.2. The van der Waals surface area contributed by atoms with E-state index in [4.69, 9.17) is 56.8 Å². The highest BCUT2D eigenvalue weighted by atomic mass is 16.8. The summed E-state index contributed by atoms with van der Waals surface area (Å²) in [5, 5.41) is 219. The third-order valence-electron chi connectivity index (χ3n) is 14.8. The van der Waals surface area contributed by atoms with Crippen LogP contribution in [0.15, 0.2) is 0 Å². The summed E-state index contributed by atoms with van der Waals surface area (Å²) in [5.74, 6) is -1.83. The summed E-state index contributed by atoms with van der Waals surface area (Å²) < 4.78 is 70.1. The Morgan fingerprint density at radius 3 is 1.40 bits per heavy atom. The fourth-order valence-electron chi connectivity index (χ4n) is 10.2. The number of hydrogen-bond donors (Lipinski definition) is 22. The molecular formula is C46H78N2O35. The van der Waals surface area contributed by atoms with Crippen molar-refractivity contribution in [3.8, 4) is 0 Å². The minimum Gasteiger partial charge on any atom is -0.394 e. The minimum absolute atomic E-state index is 0.189. The van der Waals surface area contributed by atoms with Crippen molar-refractivity contribution in [3.05, 3.63) is 0 Å². The number of amides is 2. The van der Waals surface area contributed by atoms with Gasteiger partial charge in [-0.3, -0.25) is 9.59 Å². The van der Waals surface area contributed by atoms with Gasteiger partial charge in [-0.05, 0) is 6.92 Å². The first kappa shape index (κ1) is 69.4. The molecular weight excluding hydrogens is 1140 g/mol. The molecule has 34 atom stereocenters.